The molecule has 0 bridgehead atoms. The van der Waals surface area contributed by atoms with Crippen molar-refractivity contribution in [2.75, 3.05) is 5.32 Å². The molecule has 0 fully saturated rings. The molecule has 142 valence electrons. The molecule has 0 aliphatic heterocycles. The molecule has 8 heteroatoms. The van der Waals surface area contributed by atoms with Gasteiger partial charge in [0.25, 0.3) is 0 Å². The fourth-order valence-electron chi connectivity index (χ4n) is 2.73. The van der Waals surface area contributed by atoms with E-state index in [1.165, 1.54) is 4.70 Å². The number of carbonyl (C=O) groups excluding carboxylic acids is 1. The zero-order chi connectivity index (χ0) is 19.3. The maximum Gasteiger partial charge on any atom is 0.224 e. The van der Waals surface area contributed by atoms with E-state index < -0.39 is 10.0 Å². The fourth-order valence-corrected chi connectivity index (χ4v) is 4.39. The van der Waals surface area contributed by atoms with Crippen LogP contribution in [0.25, 0.3) is 10.2 Å². The van der Waals surface area contributed by atoms with E-state index in [9.17, 15) is 13.2 Å². The van der Waals surface area contributed by atoms with Gasteiger partial charge in [-0.25, -0.2) is 18.5 Å². The molecule has 3 rings (SSSR count). The molecule has 1 aromatic heterocycles. The highest BCUT2D eigenvalue weighted by Gasteiger charge is 2.07. The van der Waals surface area contributed by atoms with E-state index in [0.717, 1.165) is 29.8 Å². The Morgan fingerprint density at radius 2 is 1.81 bits per heavy atom. The van der Waals surface area contributed by atoms with Crippen LogP contribution in [0.5, 0.6) is 0 Å². The second-order valence-electron chi connectivity index (χ2n) is 6.33. The van der Waals surface area contributed by atoms with E-state index in [1.54, 1.807) is 35.6 Å². The number of aromatic nitrogens is 1. The summed E-state index contributed by atoms with van der Waals surface area (Å²) in [6.07, 6.45) is 2.99. The fraction of sp³-hybridized carbons (Fsp3) is 0.263. The average Bonchev–Trinajstić information content (AvgIpc) is 3.02. The van der Waals surface area contributed by atoms with Crippen LogP contribution in [0.15, 0.2) is 48.5 Å². The number of aryl methyl sites for hydroxylation is 1. The highest BCUT2D eigenvalue weighted by atomic mass is 32.2. The van der Waals surface area contributed by atoms with E-state index in [4.69, 9.17) is 5.14 Å². The van der Waals surface area contributed by atoms with Crippen LogP contribution in [0, 0.1) is 0 Å². The number of unbranched alkanes of at least 4 members (excludes halogenated alkanes) is 1. The van der Waals surface area contributed by atoms with E-state index in [2.05, 4.69) is 16.4 Å². The lowest BCUT2D eigenvalue weighted by Crippen LogP contribution is -2.14. The minimum atomic E-state index is -3.55. The van der Waals surface area contributed by atoms with Crippen molar-refractivity contribution in [2.24, 2.45) is 5.14 Å². The molecule has 1 heterocycles. The maximum absolute atomic E-state index is 12.0. The van der Waals surface area contributed by atoms with Crippen LogP contribution in [0.4, 0.5) is 5.69 Å². The van der Waals surface area contributed by atoms with Gasteiger partial charge in [-0.1, -0.05) is 24.3 Å². The van der Waals surface area contributed by atoms with Crippen LogP contribution < -0.4 is 10.5 Å². The number of carbonyl (C=O) groups is 1. The molecular weight excluding hydrogens is 382 g/mol. The lowest BCUT2D eigenvalue weighted by molar-refractivity contribution is -0.116. The SMILES string of the molecule is NS(=O)(=O)Cc1ccc(NC(=O)CCCCc2nc3ccccc3s2)cc1. The third-order valence-electron chi connectivity index (χ3n) is 3.99. The first-order valence-corrected chi connectivity index (χ1v) is 11.2. The van der Waals surface area contributed by atoms with Crippen molar-refractivity contribution in [1.82, 2.24) is 4.98 Å². The number of primary sulfonamides is 1. The molecule has 0 saturated heterocycles. The number of para-hydroxylation sites is 1. The molecule has 6 nitrogen and oxygen atoms in total. The number of amides is 1. The highest BCUT2D eigenvalue weighted by molar-refractivity contribution is 7.88. The van der Waals surface area contributed by atoms with Crippen LogP contribution in [-0.4, -0.2) is 19.3 Å². The van der Waals surface area contributed by atoms with Crippen molar-refractivity contribution in [3.8, 4) is 0 Å². The molecule has 27 heavy (non-hydrogen) atoms. The van der Waals surface area contributed by atoms with Gasteiger partial charge in [0.1, 0.15) is 0 Å². The Bertz CT molecular complexity index is 995. The van der Waals surface area contributed by atoms with E-state index >= 15 is 0 Å². The molecule has 0 aliphatic carbocycles. The molecule has 3 N–H and O–H groups in total. The van der Waals surface area contributed by atoms with Gasteiger partial charge in [-0.2, -0.15) is 0 Å². The first-order valence-electron chi connectivity index (χ1n) is 8.63. The van der Waals surface area contributed by atoms with Gasteiger partial charge >= 0.3 is 0 Å². The topological polar surface area (TPSA) is 102 Å². The second kappa shape index (κ2) is 8.60. The summed E-state index contributed by atoms with van der Waals surface area (Å²) >= 11 is 1.70. The molecule has 1 amide bonds. The standard InChI is InChI=1S/C19H21N3O3S2/c20-27(24,25)13-14-9-11-15(12-10-14)21-18(23)7-3-4-8-19-22-16-5-1-2-6-17(16)26-19/h1-2,5-6,9-12H,3-4,7-8,13H2,(H,21,23)(H2,20,24,25). The molecule has 0 aliphatic rings. The number of fused-ring (bicyclic) bond motifs is 1. The number of thiazole rings is 1. The van der Waals surface area contributed by atoms with Crippen LogP contribution in [0.3, 0.4) is 0 Å². The maximum atomic E-state index is 12.0. The first-order chi connectivity index (χ1) is 12.9. The molecule has 2 aromatic carbocycles. The zero-order valence-electron chi connectivity index (χ0n) is 14.7. The van der Waals surface area contributed by atoms with Crippen molar-refractivity contribution >= 4 is 43.2 Å². The van der Waals surface area contributed by atoms with Crippen molar-refractivity contribution in [3.05, 3.63) is 59.1 Å². The third-order valence-corrected chi connectivity index (χ3v) is 5.82. The zero-order valence-corrected chi connectivity index (χ0v) is 16.4. The van der Waals surface area contributed by atoms with Gasteiger partial charge in [0, 0.05) is 12.1 Å². The van der Waals surface area contributed by atoms with Crippen LogP contribution in [0.2, 0.25) is 0 Å². The summed E-state index contributed by atoms with van der Waals surface area (Å²) in [4.78, 5) is 16.6. The summed E-state index contributed by atoms with van der Waals surface area (Å²) in [5.74, 6) is -0.272. The Balaban J connectivity index is 1.41. The largest absolute Gasteiger partial charge is 0.326 e. The second-order valence-corrected chi connectivity index (χ2v) is 9.06. The molecule has 0 radical (unpaired) electrons. The number of benzene rings is 2. The smallest absolute Gasteiger partial charge is 0.224 e. The Kier molecular flexibility index (Phi) is 6.20. The monoisotopic (exact) mass is 403 g/mol. The Labute approximate surface area is 162 Å². The van der Waals surface area contributed by atoms with Crippen molar-refractivity contribution in [3.63, 3.8) is 0 Å². The Hall–Kier alpha value is -2.29. The molecule has 0 unspecified atom stereocenters. The summed E-state index contributed by atoms with van der Waals surface area (Å²) in [6, 6.07) is 14.7. The molecule has 0 spiro atoms. The number of nitrogens with two attached hydrogens (primary N) is 1. The van der Waals surface area contributed by atoms with Gasteiger partial charge < -0.3 is 5.32 Å². The van der Waals surface area contributed by atoms with Crippen molar-refractivity contribution in [1.29, 1.82) is 0 Å². The van der Waals surface area contributed by atoms with Crippen LogP contribution >= 0.6 is 11.3 Å². The summed E-state index contributed by atoms with van der Waals surface area (Å²) in [6.45, 7) is 0. The van der Waals surface area contributed by atoms with Gasteiger partial charge in [-0.05, 0) is 49.1 Å². The lowest BCUT2D eigenvalue weighted by Gasteiger charge is -2.06. The molecule has 0 saturated carbocycles. The predicted molar refractivity (Wildman–Crippen MR) is 109 cm³/mol. The number of anilines is 1. The van der Waals surface area contributed by atoms with E-state index in [0.29, 0.717) is 17.7 Å². The lowest BCUT2D eigenvalue weighted by atomic mass is 10.2. The van der Waals surface area contributed by atoms with Gasteiger partial charge in [-0.15, -0.1) is 11.3 Å². The van der Waals surface area contributed by atoms with E-state index in [-0.39, 0.29) is 11.7 Å². The summed E-state index contributed by atoms with van der Waals surface area (Å²) in [7, 11) is -3.55. The minimum absolute atomic E-state index is 0.0569. The molecule has 0 atom stereocenters. The number of hydrogen-bond donors (Lipinski definition) is 2. The number of nitrogens with zero attached hydrogens (tertiary/aromatic N) is 1. The summed E-state index contributed by atoms with van der Waals surface area (Å²) in [5, 5.41) is 8.94. The quantitative estimate of drug-likeness (QED) is 0.562. The number of nitrogens with one attached hydrogen (secondary N) is 1. The third kappa shape index (κ3) is 6.13. The van der Waals surface area contributed by atoms with Gasteiger partial charge in [0.05, 0.1) is 21.0 Å². The van der Waals surface area contributed by atoms with Gasteiger partial charge in [0.2, 0.25) is 15.9 Å². The predicted octanol–water partition coefficient (Wildman–Crippen LogP) is 3.44. The first kappa shape index (κ1) is 19.5. The number of sulfonamides is 1. The average molecular weight is 404 g/mol. The van der Waals surface area contributed by atoms with Crippen LogP contribution in [0.1, 0.15) is 29.8 Å². The number of hydrogen-bond acceptors (Lipinski definition) is 5. The van der Waals surface area contributed by atoms with Gasteiger partial charge in [0.15, 0.2) is 0 Å². The Morgan fingerprint density at radius 3 is 2.52 bits per heavy atom. The summed E-state index contributed by atoms with van der Waals surface area (Å²) in [5.41, 5.74) is 2.26. The molecule has 3 aromatic rings. The molecular formula is C19H21N3O3S2. The van der Waals surface area contributed by atoms with E-state index in [1.807, 2.05) is 18.2 Å². The summed E-state index contributed by atoms with van der Waals surface area (Å²) < 4.78 is 23.3. The van der Waals surface area contributed by atoms with Crippen molar-refractivity contribution in [2.45, 2.75) is 31.4 Å². The highest BCUT2D eigenvalue weighted by Crippen LogP contribution is 2.23. The number of rotatable bonds is 8. The normalized spacial score (nSPS) is 11.6. The minimum Gasteiger partial charge on any atom is -0.326 e. The van der Waals surface area contributed by atoms with Crippen molar-refractivity contribution < 1.29 is 13.2 Å². The Morgan fingerprint density at radius 1 is 1.07 bits per heavy atom. The van der Waals surface area contributed by atoms with Crippen LogP contribution in [-0.2, 0) is 27.0 Å². The van der Waals surface area contributed by atoms with Gasteiger partial charge in [-0.3, -0.25) is 4.79 Å².